The van der Waals surface area contributed by atoms with Gasteiger partial charge in [0.05, 0.1) is 25.0 Å². The van der Waals surface area contributed by atoms with Crippen molar-refractivity contribution >= 4 is 17.3 Å². The Morgan fingerprint density at radius 3 is 2.52 bits per heavy atom. The molecule has 1 aliphatic heterocycles. The molecule has 4 fully saturated rings. The average Bonchev–Trinajstić information content (AvgIpc) is 3.56. The Bertz CT molecular complexity index is 1730. The molecule has 3 N–H and O–H groups in total. The number of aryl methyl sites for hydroxylation is 1. The first-order valence-corrected chi connectivity index (χ1v) is 16.6. The van der Waals surface area contributed by atoms with Gasteiger partial charge < -0.3 is 29.7 Å². The van der Waals surface area contributed by atoms with Crippen molar-refractivity contribution in [2.75, 3.05) is 26.1 Å². The van der Waals surface area contributed by atoms with E-state index in [9.17, 15) is 19.8 Å². The second-order valence-corrected chi connectivity index (χ2v) is 14.6. The van der Waals surface area contributed by atoms with E-state index in [1.54, 1.807) is 21.0 Å². The third-order valence-electron chi connectivity index (χ3n) is 12.4. The molecule has 0 amide bonds. The van der Waals surface area contributed by atoms with Crippen molar-refractivity contribution in [3.05, 3.63) is 82.5 Å². The smallest absolute Gasteiger partial charge is 0.193 e. The lowest BCUT2D eigenvalue weighted by Gasteiger charge is -2.63. The SMILES string of the molecule is CNc1c(C)cc(Cc2ccc([C@@H]3O[C@@H]4C[C@H]5[C@@H]6C[C@H](F)C7=CC(=O)C=C[C@]7(C)[C@@]6(F)[C@@H](O)C[C@]5(C)[C@]4(C(=O)CO)O3)cc2)cc1OC. The van der Waals surface area contributed by atoms with Gasteiger partial charge in [-0.3, -0.25) is 9.59 Å². The van der Waals surface area contributed by atoms with Crippen LogP contribution >= 0.6 is 0 Å². The predicted molar refractivity (Wildman–Crippen MR) is 174 cm³/mol. The lowest BCUT2D eigenvalue weighted by Crippen LogP contribution is -2.70. The third kappa shape index (κ3) is 4.31. The first kappa shape index (κ1) is 33.1. The summed E-state index contributed by atoms with van der Waals surface area (Å²) in [7, 11) is 3.50. The van der Waals surface area contributed by atoms with Crippen LogP contribution in [0, 0.1) is 29.6 Å². The molecule has 10 atom stereocenters. The number of carbonyl (C=O) groups excluding carboxylic acids is 2. The number of halogens is 2. The van der Waals surface area contributed by atoms with Gasteiger partial charge in [-0.05, 0) is 85.9 Å². The van der Waals surface area contributed by atoms with E-state index in [-0.39, 0.29) is 24.8 Å². The zero-order chi connectivity index (χ0) is 34.4. The van der Waals surface area contributed by atoms with Crippen LogP contribution in [-0.4, -0.2) is 72.2 Å². The van der Waals surface area contributed by atoms with Gasteiger partial charge in [0.2, 0.25) is 0 Å². The molecule has 256 valence electrons. The second kappa shape index (κ2) is 11.3. The zero-order valence-electron chi connectivity index (χ0n) is 27.9. The van der Waals surface area contributed by atoms with E-state index >= 15 is 8.78 Å². The number of ether oxygens (including phenoxy) is 3. The van der Waals surface area contributed by atoms with Gasteiger partial charge in [-0.1, -0.05) is 43.3 Å². The highest BCUT2D eigenvalue weighted by atomic mass is 19.1. The van der Waals surface area contributed by atoms with Crippen molar-refractivity contribution in [2.45, 2.75) is 82.4 Å². The van der Waals surface area contributed by atoms with Crippen LogP contribution in [0.2, 0.25) is 0 Å². The monoisotopic (exact) mass is 663 g/mol. The van der Waals surface area contributed by atoms with Gasteiger partial charge in [0.25, 0.3) is 0 Å². The molecule has 7 rings (SSSR count). The minimum absolute atomic E-state index is 0.0380. The molecule has 0 aromatic heterocycles. The molecule has 1 saturated heterocycles. The minimum Gasteiger partial charge on any atom is -0.495 e. The fraction of sp³-hybridized carbons (Fsp3) is 0.526. The lowest BCUT2D eigenvalue weighted by molar-refractivity contribution is -0.235. The molecule has 2 aromatic carbocycles. The van der Waals surface area contributed by atoms with Crippen molar-refractivity contribution in [3.63, 3.8) is 0 Å². The summed E-state index contributed by atoms with van der Waals surface area (Å²) in [5.74, 6) is -1.85. The van der Waals surface area contributed by atoms with Crippen LogP contribution in [0.25, 0.3) is 0 Å². The summed E-state index contributed by atoms with van der Waals surface area (Å²) >= 11 is 0. The summed E-state index contributed by atoms with van der Waals surface area (Å²) in [5, 5.41) is 25.1. The molecular weight excluding hydrogens is 620 g/mol. The van der Waals surface area contributed by atoms with Gasteiger partial charge in [-0.2, -0.15) is 0 Å². The number of ketones is 2. The average molecular weight is 664 g/mol. The quantitative estimate of drug-likeness (QED) is 0.367. The summed E-state index contributed by atoms with van der Waals surface area (Å²) < 4.78 is 52.1. The van der Waals surface area contributed by atoms with Gasteiger partial charge in [-0.25, -0.2) is 8.78 Å². The Labute approximate surface area is 279 Å². The first-order chi connectivity index (χ1) is 22.8. The summed E-state index contributed by atoms with van der Waals surface area (Å²) in [6.07, 6.45) is -0.783. The number of nitrogens with one attached hydrogen (secondary N) is 1. The highest BCUT2D eigenvalue weighted by Gasteiger charge is 2.80. The van der Waals surface area contributed by atoms with E-state index in [2.05, 4.69) is 11.4 Å². The standard InChI is InChI=1S/C38H43F2NO7/c1-20-12-22(14-29(46-5)33(20)41-4)13-21-6-8-23(9-7-21)34-47-32-17-25-26-16-28(39)27-15-24(43)10-11-35(27,2)37(26,40)30(44)18-36(25,3)38(32,48-34)31(45)19-42/h6-12,14-15,25-26,28,30,32,34,41-42,44H,13,16-19H2,1-5H3/t25-,26-,28-,30-,32+,34+,35-,36-,37-,38+/m0/s1. The molecule has 0 bridgehead atoms. The van der Waals surface area contributed by atoms with E-state index < -0.39 is 76.8 Å². The van der Waals surface area contributed by atoms with E-state index in [1.165, 1.54) is 12.2 Å². The zero-order valence-corrected chi connectivity index (χ0v) is 27.9. The van der Waals surface area contributed by atoms with E-state index in [1.807, 2.05) is 44.3 Å². The van der Waals surface area contributed by atoms with Crippen LogP contribution in [0.5, 0.6) is 5.75 Å². The highest BCUT2D eigenvalue weighted by molar-refractivity contribution is 6.01. The fourth-order valence-electron chi connectivity index (χ4n) is 10.2. The Kier molecular flexibility index (Phi) is 7.79. The number of rotatable bonds is 7. The lowest BCUT2D eigenvalue weighted by atomic mass is 9.44. The number of aliphatic hydroxyl groups excluding tert-OH is 2. The molecule has 5 aliphatic rings. The van der Waals surface area contributed by atoms with E-state index in [0.29, 0.717) is 12.0 Å². The highest BCUT2D eigenvalue weighted by Crippen LogP contribution is 2.72. The van der Waals surface area contributed by atoms with Gasteiger partial charge in [0.1, 0.15) is 18.5 Å². The number of hydrogen-bond acceptors (Lipinski definition) is 8. The van der Waals surface area contributed by atoms with Crippen LogP contribution in [0.4, 0.5) is 14.5 Å². The predicted octanol–water partition coefficient (Wildman–Crippen LogP) is 5.28. The van der Waals surface area contributed by atoms with Gasteiger partial charge in [0.15, 0.2) is 29.1 Å². The van der Waals surface area contributed by atoms with Gasteiger partial charge >= 0.3 is 0 Å². The van der Waals surface area contributed by atoms with Crippen LogP contribution in [0.1, 0.15) is 61.7 Å². The first-order valence-electron chi connectivity index (χ1n) is 16.6. The normalized spacial score (nSPS) is 39.6. The number of alkyl halides is 2. The number of benzene rings is 2. The van der Waals surface area contributed by atoms with Crippen molar-refractivity contribution in [2.24, 2.45) is 22.7 Å². The molecule has 8 nitrogen and oxygen atoms in total. The maximum Gasteiger partial charge on any atom is 0.193 e. The number of anilines is 1. The number of fused-ring (bicyclic) bond motifs is 7. The summed E-state index contributed by atoms with van der Waals surface area (Å²) in [6.45, 7) is 4.51. The van der Waals surface area contributed by atoms with Crippen LogP contribution in [0.15, 0.2) is 60.2 Å². The van der Waals surface area contributed by atoms with Crippen molar-refractivity contribution in [1.29, 1.82) is 0 Å². The molecule has 1 heterocycles. The summed E-state index contributed by atoms with van der Waals surface area (Å²) in [6, 6.07) is 11.8. The minimum atomic E-state index is -2.30. The Morgan fingerprint density at radius 1 is 1.12 bits per heavy atom. The van der Waals surface area contributed by atoms with E-state index in [4.69, 9.17) is 14.2 Å². The molecule has 0 radical (unpaired) electrons. The molecule has 0 spiro atoms. The molecule has 0 unspecified atom stereocenters. The van der Waals surface area contributed by atoms with Gasteiger partial charge in [-0.15, -0.1) is 0 Å². The number of allylic oxidation sites excluding steroid dienone is 4. The maximum atomic E-state index is 17.6. The van der Waals surface area contributed by atoms with Gasteiger partial charge in [0, 0.05) is 29.4 Å². The molecule has 4 aliphatic carbocycles. The number of Topliss-reactive ketones (excluding diaryl/α,β-unsaturated/α-hetero) is 1. The topological polar surface area (TPSA) is 114 Å². The Hall–Kier alpha value is -3.44. The summed E-state index contributed by atoms with van der Waals surface area (Å²) in [5.41, 5.74) is -1.85. The van der Waals surface area contributed by atoms with Crippen LogP contribution in [-0.2, 0) is 25.5 Å². The molecule has 2 aromatic rings. The van der Waals surface area contributed by atoms with E-state index in [0.717, 1.165) is 34.2 Å². The fourth-order valence-corrected chi connectivity index (χ4v) is 10.2. The maximum absolute atomic E-state index is 17.6. The Morgan fingerprint density at radius 2 is 1.85 bits per heavy atom. The summed E-state index contributed by atoms with van der Waals surface area (Å²) in [4.78, 5) is 26.0. The number of hydrogen-bond donors (Lipinski definition) is 3. The number of aliphatic hydroxyl groups is 2. The number of carbonyl (C=O) groups is 2. The molecule has 48 heavy (non-hydrogen) atoms. The Balaban J connectivity index is 1.18. The van der Waals surface area contributed by atoms with Crippen molar-refractivity contribution < 1.29 is 42.8 Å². The van der Waals surface area contributed by atoms with Crippen molar-refractivity contribution in [3.8, 4) is 5.75 Å². The third-order valence-corrected chi connectivity index (χ3v) is 12.4. The second-order valence-electron chi connectivity index (χ2n) is 14.6. The number of methoxy groups -OCH3 is 1. The largest absolute Gasteiger partial charge is 0.495 e. The van der Waals surface area contributed by atoms with Crippen molar-refractivity contribution in [1.82, 2.24) is 0 Å². The molecule has 10 heteroatoms. The molecular formula is C38H43F2NO7. The van der Waals surface area contributed by atoms with Crippen LogP contribution < -0.4 is 10.1 Å². The molecule has 3 saturated carbocycles. The van der Waals surface area contributed by atoms with Crippen LogP contribution in [0.3, 0.4) is 0 Å².